The SMILES string of the molecule is CNC(c1ccc(C)s1)C1(N(C)C)CCCC1. The molecule has 1 heterocycles. The first-order valence-corrected chi connectivity index (χ1v) is 7.33. The van der Waals surface area contributed by atoms with Gasteiger partial charge in [-0.15, -0.1) is 11.3 Å². The van der Waals surface area contributed by atoms with Crippen LogP contribution in [0.25, 0.3) is 0 Å². The lowest BCUT2D eigenvalue weighted by molar-refractivity contribution is 0.110. The van der Waals surface area contributed by atoms with Crippen LogP contribution in [0.5, 0.6) is 0 Å². The number of rotatable bonds is 4. The molecule has 1 atom stereocenters. The van der Waals surface area contributed by atoms with Gasteiger partial charge in [0.05, 0.1) is 6.04 Å². The van der Waals surface area contributed by atoms with Crippen LogP contribution in [0.3, 0.4) is 0 Å². The van der Waals surface area contributed by atoms with Gasteiger partial charge in [-0.3, -0.25) is 0 Å². The lowest BCUT2D eigenvalue weighted by atomic mass is 9.86. The molecule has 1 fully saturated rings. The van der Waals surface area contributed by atoms with Crippen LogP contribution >= 0.6 is 11.3 Å². The van der Waals surface area contributed by atoms with Crippen LogP contribution in [0.15, 0.2) is 12.1 Å². The molecule has 0 aliphatic heterocycles. The highest BCUT2D eigenvalue weighted by atomic mass is 32.1. The highest BCUT2D eigenvalue weighted by Gasteiger charge is 2.43. The Labute approximate surface area is 109 Å². The number of nitrogens with zero attached hydrogens (tertiary/aromatic N) is 1. The van der Waals surface area contributed by atoms with E-state index in [-0.39, 0.29) is 0 Å². The second-order valence-electron chi connectivity index (χ2n) is 5.38. The Kier molecular flexibility index (Phi) is 3.91. The first-order chi connectivity index (χ1) is 8.10. The number of likely N-dealkylation sites (N-methyl/N-ethyl adjacent to an activating group) is 2. The molecule has 0 amide bonds. The molecule has 1 unspecified atom stereocenters. The Hall–Kier alpha value is -0.380. The molecule has 1 N–H and O–H groups in total. The van der Waals surface area contributed by atoms with Crippen LogP contribution in [0.1, 0.15) is 41.5 Å². The van der Waals surface area contributed by atoms with Crippen LogP contribution < -0.4 is 5.32 Å². The molecule has 1 aliphatic carbocycles. The molecule has 0 saturated heterocycles. The zero-order valence-electron chi connectivity index (χ0n) is 11.4. The van der Waals surface area contributed by atoms with Crippen molar-refractivity contribution in [1.82, 2.24) is 10.2 Å². The molecule has 1 aromatic heterocycles. The van der Waals surface area contributed by atoms with E-state index in [0.29, 0.717) is 11.6 Å². The summed E-state index contributed by atoms with van der Waals surface area (Å²) in [4.78, 5) is 5.34. The normalized spacial score (nSPS) is 21.0. The van der Waals surface area contributed by atoms with E-state index < -0.39 is 0 Å². The third kappa shape index (κ3) is 2.28. The molecule has 0 aromatic carbocycles. The first kappa shape index (κ1) is 13.1. The van der Waals surface area contributed by atoms with Crippen molar-refractivity contribution in [2.45, 2.75) is 44.2 Å². The molecule has 1 aromatic rings. The lowest BCUT2D eigenvalue weighted by Gasteiger charge is -2.43. The molecule has 96 valence electrons. The van der Waals surface area contributed by atoms with Gasteiger partial charge in [0.25, 0.3) is 0 Å². The van der Waals surface area contributed by atoms with E-state index in [0.717, 1.165) is 0 Å². The summed E-state index contributed by atoms with van der Waals surface area (Å²) in [5.74, 6) is 0. The van der Waals surface area contributed by atoms with Gasteiger partial charge in [-0.1, -0.05) is 12.8 Å². The fourth-order valence-corrected chi connectivity index (χ4v) is 4.36. The van der Waals surface area contributed by atoms with Crippen LogP contribution in [-0.4, -0.2) is 31.6 Å². The Morgan fingerprint density at radius 3 is 2.35 bits per heavy atom. The minimum atomic E-state index is 0.312. The van der Waals surface area contributed by atoms with Crippen molar-refractivity contribution in [3.63, 3.8) is 0 Å². The molecular formula is C14H24N2S. The van der Waals surface area contributed by atoms with Gasteiger partial charge in [-0.2, -0.15) is 0 Å². The Bertz CT molecular complexity index is 364. The van der Waals surface area contributed by atoms with Gasteiger partial charge < -0.3 is 10.2 Å². The predicted octanol–water partition coefficient (Wildman–Crippen LogP) is 3.19. The molecule has 1 saturated carbocycles. The molecule has 1 aliphatic rings. The van der Waals surface area contributed by atoms with Crippen LogP contribution in [0.4, 0.5) is 0 Å². The van der Waals surface area contributed by atoms with E-state index in [1.165, 1.54) is 35.4 Å². The van der Waals surface area contributed by atoms with E-state index in [2.05, 4.69) is 50.4 Å². The molecule has 2 nitrogen and oxygen atoms in total. The topological polar surface area (TPSA) is 15.3 Å². The van der Waals surface area contributed by atoms with Gasteiger partial charge >= 0.3 is 0 Å². The van der Waals surface area contributed by atoms with Gasteiger partial charge in [-0.25, -0.2) is 0 Å². The van der Waals surface area contributed by atoms with Crippen molar-refractivity contribution in [3.8, 4) is 0 Å². The van der Waals surface area contributed by atoms with Crippen LogP contribution in [0.2, 0.25) is 0 Å². The second kappa shape index (κ2) is 5.09. The average Bonchev–Trinajstić information content (AvgIpc) is 2.90. The fourth-order valence-electron chi connectivity index (χ4n) is 3.27. The van der Waals surface area contributed by atoms with E-state index in [1.807, 2.05) is 11.3 Å². The van der Waals surface area contributed by atoms with Gasteiger partial charge in [0, 0.05) is 15.3 Å². The van der Waals surface area contributed by atoms with Crippen LogP contribution in [-0.2, 0) is 0 Å². The summed E-state index contributed by atoms with van der Waals surface area (Å²) in [6, 6.07) is 5.01. The number of thiophene rings is 1. The zero-order valence-corrected chi connectivity index (χ0v) is 12.2. The van der Waals surface area contributed by atoms with Gasteiger partial charge in [0.2, 0.25) is 0 Å². The third-order valence-electron chi connectivity index (χ3n) is 4.23. The van der Waals surface area contributed by atoms with E-state index in [9.17, 15) is 0 Å². The van der Waals surface area contributed by atoms with Gasteiger partial charge in [0.15, 0.2) is 0 Å². The molecular weight excluding hydrogens is 228 g/mol. The zero-order chi connectivity index (χ0) is 12.5. The maximum Gasteiger partial charge on any atom is 0.0599 e. The Morgan fingerprint density at radius 1 is 1.29 bits per heavy atom. The standard InChI is InChI=1S/C14H24N2S/c1-11-7-8-12(17-11)13(15-2)14(16(3)4)9-5-6-10-14/h7-8,13,15H,5-6,9-10H2,1-4H3. The van der Waals surface area contributed by atoms with Crippen LogP contribution in [0, 0.1) is 6.92 Å². The molecule has 2 rings (SSSR count). The Morgan fingerprint density at radius 2 is 1.94 bits per heavy atom. The summed E-state index contributed by atoms with van der Waals surface area (Å²) < 4.78 is 0. The third-order valence-corrected chi connectivity index (χ3v) is 5.30. The fraction of sp³-hybridized carbons (Fsp3) is 0.714. The molecule has 3 heteroatoms. The second-order valence-corrected chi connectivity index (χ2v) is 6.69. The van der Waals surface area contributed by atoms with Gasteiger partial charge in [0.1, 0.15) is 0 Å². The van der Waals surface area contributed by atoms with E-state index in [1.54, 1.807) is 0 Å². The molecule has 0 spiro atoms. The number of hydrogen-bond acceptors (Lipinski definition) is 3. The van der Waals surface area contributed by atoms with E-state index >= 15 is 0 Å². The highest BCUT2D eigenvalue weighted by Crippen LogP contribution is 2.44. The number of nitrogens with one attached hydrogen (secondary N) is 1. The van der Waals surface area contributed by atoms with Crippen molar-refractivity contribution < 1.29 is 0 Å². The summed E-state index contributed by atoms with van der Waals surface area (Å²) in [6.45, 7) is 2.19. The smallest absolute Gasteiger partial charge is 0.0599 e. The van der Waals surface area contributed by atoms with Crippen molar-refractivity contribution in [2.75, 3.05) is 21.1 Å². The minimum absolute atomic E-state index is 0.312. The average molecular weight is 252 g/mol. The first-order valence-electron chi connectivity index (χ1n) is 6.51. The Balaban J connectivity index is 2.33. The summed E-state index contributed by atoms with van der Waals surface area (Å²) in [5.41, 5.74) is 0.312. The maximum absolute atomic E-state index is 3.56. The van der Waals surface area contributed by atoms with Gasteiger partial charge in [-0.05, 0) is 53.0 Å². The summed E-state index contributed by atoms with van der Waals surface area (Å²) in [6.07, 6.45) is 5.34. The van der Waals surface area contributed by atoms with Crippen molar-refractivity contribution in [2.24, 2.45) is 0 Å². The van der Waals surface area contributed by atoms with Crippen molar-refractivity contribution >= 4 is 11.3 Å². The molecule has 17 heavy (non-hydrogen) atoms. The number of aryl methyl sites for hydroxylation is 1. The lowest BCUT2D eigenvalue weighted by Crippen LogP contribution is -2.50. The molecule has 0 bridgehead atoms. The number of hydrogen-bond donors (Lipinski definition) is 1. The quantitative estimate of drug-likeness (QED) is 0.885. The predicted molar refractivity (Wildman–Crippen MR) is 75.7 cm³/mol. The van der Waals surface area contributed by atoms with Crippen molar-refractivity contribution in [1.29, 1.82) is 0 Å². The summed E-state index contributed by atoms with van der Waals surface area (Å²) in [7, 11) is 6.57. The summed E-state index contributed by atoms with van der Waals surface area (Å²) in [5, 5.41) is 3.56. The molecule has 0 radical (unpaired) electrons. The highest BCUT2D eigenvalue weighted by molar-refractivity contribution is 7.12. The van der Waals surface area contributed by atoms with Crippen molar-refractivity contribution in [3.05, 3.63) is 21.9 Å². The minimum Gasteiger partial charge on any atom is -0.311 e. The largest absolute Gasteiger partial charge is 0.311 e. The van der Waals surface area contributed by atoms with E-state index in [4.69, 9.17) is 0 Å². The summed E-state index contributed by atoms with van der Waals surface area (Å²) >= 11 is 1.93. The maximum atomic E-state index is 3.56. The monoisotopic (exact) mass is 252 g/mol.